The molecule has 1 aromatic carbocycles. The van der Waals surface area contributed by atoms with Gasteiger partial charge >= 0.3 is 0 Å². The van der Waals surface area contributed by atoms with E-state index >= 15 is 0 Å². The number of aryl methyl sites for hydroxylation is 1. The van der Waals surface area contributed by atoms with Crippen LogP contribution < -0.4 is 10.1 Å². The summed E-state index contributed by atoms with van der Waals surface area (Å²) < 4.78 is 39.6. The number of thioether (sulfide) groups is 1. The first kappa shape index (κ1) is 23.3. The van der Waals surface area contributed by atoms with Gasteiger partial charge in [0.25, 0.3) is 0 Å². The highest BCUT2D eigenvalue weighted by Crippen LogP contribution is 2.29. The number of benzene rings is 1. The van der Waals surface area contributed by atoms with Crippen molar-refractivity contribution in [3.05, 3.63) is 36.7 Å². The van der Waals surface area contributed by atoms with E-state index in [-0.39, 0.29) is 35.3 Å². The van der Waals surface area contributed by atoms with E-state index in [1.165, 1.54) is 41.4 Å². The number of nitrogens with one attached hydrogen (secondary N) is 1. The molecular formula is C19H25N5O5S2. The van der Waals surface area contributed by atoms with Crippen LogP contribution in [-0.2, 0) is 26.1 Å². The van der Waals surface area contributed by atoms with E-state index < -0.39 is 10.0 Å². The second kappa shape index (κ2) is 10.3. The van der Waals surface area contributed by atoms with E-state index in [2.05, 4.69) is 22.1 Å². The van der Waals surface area contributed by atoms with Crippen LogP contribution in [0.4, 0.5) is 5.69 Å². The van der Waals surface area contributed by atoms with E-state index in [0.29, 0.717) is 30.7 Å². The van der Waals surface area contributed by atoms with Crippen LogP contribution in [0.25, 0.3) is 0 Å². The molecule has 2 heterocycles. The molecule has 0 atom stereocenters. The number of nitrogens with zero attached hydrogens (tertiary/aromatic N) is 4. The van der Waals surface area contributed by atoms with Gasteiger partial charge in [0.05, 0.1) is 36.7 Å². The molecule has 10 nitrogen and oxygen atoms in total. The summed E-state index contributed by atoms with van der Waals surface area (Å²) in [7, 11) is -2.24. The smallest absolute Gasteiger partial charge is 0.243 e. The SMILES string of the molecule is C=CCn1c(C)nnc1SCC(=O)Nc1cc(S(=O)(=O)N2CCOCC2)ccc1OC. The molecule has 1 aliphatic heterocycles. The number of hydrogen-bond donors (Lipinski definition) is 1. The fraction of sp³-hybridized carbons (Fsp3) is 0.421. The molecule has 0 unspecified atom stereocenters. The minimum Gasteiger partial charge on any atom is -0.495 e. The number of allylic oxidation sites excluding steroid dienone is 1. The Bertz CT molecular complexity index is 1050. The van der Waals surface area contributed by atoms with Gasteiger partial charge in [0.15, 0.2) is 5.16 Å². The van der Waals surface area contributed by atoms with Gasteiger partial charge in [-0.2, -0.15) is 4.31 Å². The second-order valence-electron chi connectivity index (χ2n) is 6.64. The zero-order chi connectivity index (χ0) is 22.4. The summed E-state index contributed by atoms with van der Waals surface area (Å²) in [6, 6.07) is 4.41. The highest BCUT2D eigenvalue weighted by molar-refractivity contribution is 7.99. The monoisotopic (exact) mass is 467 g/mol. The molecule has 1 amide bonds. The lowest BCUT2D eigenvalue weighted by molar-refractivity contribution is -0.113. The first-order chi connectivity index (χ1) is 14.9. The first-order valence-corrected chi connectivity index (χ1v) is 12.0. The summed E-state index contributed by atoms with van der Waals surface area (Å²) in [5.74, 6) is 0.837. The van der Waals surface area contributed by atoms with Crippen molar-refractivity contribution < 1.29 is 22.7 Å². The zero-order valence-corrected chi connectivity index (χ0v) is 19.0. The van der Waals surface area contributed by atoms with E-state index in [9.17, 15) is 13.2 Å². The van der Waals surface area contributed by atoms with Gasteiger partial charge in [0, 0.05) is 19.6 Å². The van der Waals surface area contributed by atoms with Gasteiger partial charge in [0.1, 0.15) is 11.6 Å². The highest BCUT2D eigenvalue weighted by atomic mass is 32.2. The molecular weight excluding hydrogens is 442 g/mol. The molecule has 1 aromatic heterocycles. The number of methoxy groups -OCH3 is 1. The fourth-order valence-corrected chi connectivity index (χ4v) is 5.23. The Kier molecular flexibility index (Phi) is 7.70. The van der Waals surface area contributed by atoms with Gasteiger partial charge in [-0.1, -0.05) is 17.8 Å². The van der Waals surface area contributed by atoms with Crippen molar-refractivity contribution in [2.45, 2.75) is 23.5 Å². The van der Waals surface area contributed by atoms with Crippen molar-refractivity contribution >= 4 is 33.4 Å². The van der Waals surface area contributed by atoms with Crippen LogP contribution >= 0.6 is 11.8 Å². The van der Waals surface area contributed by atoms with Crippen molar-refractivity contribution in [3.63, 3.8) is 0 Å². The Morgan fingerprint density at radius 1 is 1.35 bits per heavy atom. The Labute approximate surface area is 185 Å². The molecule has 0 spiro atoms. The molecule has 2 aromatic rings. The Balaban J connectivity index is 1.73. The Hall–Kier alpha value is -2.41. The number of hydrogen-bond acceptors (Lipinski definition) is 8. The zero-order valence-electron chi connectivity index (χ0n) is 17.4. The summed E-state index contributed by atoms with van der Waals surface area (Å²) in [6.45, 7) is 7.36. The largest absolute Gasteiger partial charge is 0.495 e. The quantitative estimate of drug-likeness (QED) is 0.436. The molecule has 3 rings (SSSR count). The minimum atomic E-state index is -3.70. The highest BCUT2D eigenvalue weighted by Gasteiger charge is 2.27. The van der Waals surface area contributed by atoms with Crippen molar-refractivity contribution in [2.75, 3.05) is 44.5 Å². The topological polar surface area (TPSA) is 116 Å². The van der Waals surface area contributed by atoms with Gasteiger partial charge in [-0.15, -0.1) is 16.8 Å². The summed E-state index contributed by atoms with van der Waals surface area (Å²) in [5.41, 5.74) is 0.283. The molecule has 31 heavy (non-hydrogen) atoms. The maximum atomic E-state index is 12.9. The van der Waals surface area contributed by atoms with E-state index in [1.54, 1.807) is 6.08 Å². The van der Waals surface area contributed by atoms with Crippen molar-refractivity contribution in [2.24, 2.45) is 0 Å². The van der Waals surface area contributed by atoms with Crippen LogP contribution in [0, 0.1) is 6.92 Å². The predicted molar refractivity (Wildman–Crippen MR) is 117 cm³/mol. The number of rotatable bonds is 9. The third-order valence-electron chi connectivity index (χ3n) is 4.60. The lowest BCUT2D eigenvalue weighted by atomic mass is 10.3. The fourth-order valence-electron chi connectivity index (χ4n) is 3.01. The average molecular weight is 468 g/mol. The molecule has 168 valence electrons. The molecule has 1 fully saturated rings. The van der Waals surface area contributed by atoms with Gasteiger partial charge < -0.3 is 19.4 Å². The molecule has 12 heteroatoms. The van der Waals surface area contributed by atoms with Crippen LogP contribution in [-0.4, -0.2) is 72.6 Å². The van der Waals surface area contributed by atoms with E-state index in [0.717, 1.165) is 5.82 Å². The molecule has 1 saturated heterocycles. The second-order valence-corrected chi connectivity index (χ2v) is 9.52. The van der Waals surface area contributed by atoms with Crippen molar-refractivity contribution in [1.29, 1.82) is 0 Å². The van der Waals surface area contributed by atoms with Gasteiger partial charge in [0.2, 0.25) is 15.9 Å². The summed E-state index contributed by atoms with van der Waals surface area (Å²) in [6.07, 6.45) is 1.73. The number of amides is 1. The van der Waals surface area contributed by atoms with Gasteiger partial charge in [-0.05, 0) is 25.1 Å². The third kappa shape index (κ3) is 5.45. The number of sulfonamides is 1. The number of anilines is 1. The molecule has 0 aliphatic carbocycles. The van der Waals surface area contributed by atoms with Crippen molar-refractivity contribution in [3.8, 4) is 5.75 Å². The number of morpholine rings is 1. The third-order valence-corrected chi connectivity index (χ3v) is 7.46. The van der Waals surface area contributed by atoms with Crippen LogP contribution in [0.3, 0.4) is 0 Å². The Morgan fingerprint density at radius 2 is 2.10 bits per heavy atom. The minimum absolute atomic E-state index is 0.0683. The number of ether oxygens (including phenoxy) is 2. The molecule has 0 saturated carbocycles. The van der Waals surface area contributed by atoms with Gasteiger partial charge in [-0.3, -0.25) is 4.79 Å². The predicted octanol–water partition coefficient (Wildman–Crippen LogP) is 1.53. The lowest BCUT2D eigenvalue weighted by Crippen LogP contribution is -2.40. The molecule has 1 N–H and O–H groups in total. The summed E-state index contributed by atoms with van der Waals surface area (Å²) in [4.78, 5) is 12.6. The van der Waals surface area contributed by atoms with Crippen LogP contribution in [0.2, 0.25) is 0 Å². The maximum absolute atomic E-state index is 12.9. The van der Waals surface area contributed by atoms with Crippen LogP contribution in [0.1, 0.15) is 5.82 Å². The van der Waals surface area contributed by atoms with E-state index in [1.807, 2.05) is 11.5 Å². The van der Waals surface area contributed by atoms with Crippen LogP contribution in [0.15, 0.2) is 40.9 Å². The molecule has 1 aliphatic rings. The average Bonchev–Trinajstić information content (AvgIpc) is 3.12. The first-order valence-electron chi connectivity index (χ1n) is 9.56. The van der Waals surface area contributed by atoms with Crippen LogP contribution in [0.5, 0.6) is 5.75 Å². The molecule has 0 bridgehead atoms. The molecule has 0 radical (unpaired) electrons. The van der Waals surface area contributed by atoms with Crippen molar-refractivity contribution in [1.82, 2.24) is 19.1 Å². The number of carbonyl (C=O) groups is 1. The summed E-state index contributed by atoms with van der Waals surface area (Å²) in [5, 5.41) is 11.4. The number of aromatic nitrogens is 3. The summed E-state index contributed by atoms with van der Waals surface area (Å²) >= 11 is 1.23. The normalized spacial score (nSPS) is 14.9. The Morgan fingerprint density at radius 3 is 2.77 bits per heavy atom. The lowest BCUT2D eigenvalue weighted by Gasteiger charge is -2.26. The maximum Gasteiger partial charge on any atom is 0.243 e. The van der Waals surface area contributed by atoms with Gasteiger partial charge in [-0.25, -0.2) is 8.42 Å². The number of carbonyl (C=O) groups excluding carboxylic acids is 1. The standard InChI is InChI=1S/C19H25N5O5S2/c1-4-7-24-14(2)21-22-19(24)30-13-18(25)20-16-12-15(5-6-17(16)28-3)31(26,27)23-8-10-29-11-9-23/h4-6,12H,1,7-11,13H2,2-3H3,(H,20,25). The van der Waals surface area contributed by atoms with E-state index in [4.69, 9.17) is 9.47 Å².